The number of nitrogens with zero attached hydrogens (tertiary/aromatic N) is 1. The van der Waals surface area contributed by atoms with Gasteiger partial charge in [0.15, 0.2) is 17.6 Å². The number of likely N-dealkylation sites (tertiary alicyclic amines) is 1. The number of benzene rings is 1. The molecule has 3 aliphatic rings. The average Bonchev–Trinajstić information content (AvgIpc) is 2.74. The zero-order chi connectivity index (χ0) is 21.6. The Morgan fingerprint density at radius 3 is 2.43 bits per heavy atom. The van der Waals surface area contributed by atoms with Crippen molar-refractivity contribution in [1.82, 2.24) is 4.90 Å². The number of rotatable bonds is 4. The number of carbonyl (C=O) groups is 1. The minimum Gasteiger partial charge on any atom is -0.504 e. The fourth-order valence-electron chi connectivity index (χ4n) is 4.61. The van der Waals surface area contributed by atoms with Crippen molar-refractivity contribution in [3.05, 3.63) is 16.7 Å². The van der Waals surface area contributed by atoms with Crippen molar-refractivity contribution in [1.29, 1.82) is 0 Å². The predicted molar refractivity (Wildman–Crippen MR) is 101 cm³/mol. The summed E-state index contributed by atoms with van der Waals surface area (Å²) in [5, 5.41) is 51.7. The topological polar surface area (TPSA) is 149 Å². The van der Waals surface area contributed by atoms with Crippen LogP contribution < -0.4 is 4.74 Å². The molecule has 166 valence electrons. The SMILES string of the molecule is COc1c(O)c(CN2CCCCC2)c2c(c1O)[C@@H]1O[C@H](CO)[C@@H](O)[C@H](O)[C@H]1OC2=O. The normalized spacial score (nSPS) is 31.6. The van der Waals surface area contributed by atoms with Gasteiger partial charge in [-0.15, -0.1) is 0 Å². The third kappa shape index (κ3) is 3.28. The molecule has 10 nitrogen and oxygen atoms in total. The van der Waals surface area contributed by atoms with Gasteiger partial charge in [0.05, 0.1) is 19.3 Å². The largest absolute Gasteiger partial charge is 0.504 e. The molecule has 10 heteroatoms. The number of hydrogen-bond donors (Lipinski definition) is 5. The molecular weight excluding hydrogens is 398 g/mol. The lowest BCUT2D eigenvalue weighted by molar-refractivity contribution is -0.235. The van der Waals surface area contributed by atoms with E-state index >= 15 is 0 Å². The summed E-state index contributed by atoms with van der Waals surface area (Å²) in [4.78, 5) is 15.0. The number of carbonyl (C=O) groups excluding carboxylic acids is 1. The molecule has 2 fully saturated rings. The van der Waals surface area contributed by atoms with Crippen LogP contribution in [0, 0.1) is 0 Å². The van der Waals surface area contributed by atoms with Crippen LogP contribution in [0.2, 0.25) is 0 Å². The van der Waals surface area contributed by atoms with Gasteiger partial charge in [-0.05, 0) is 25.9 Å². The fraction of sp³-hybridized carbons (Fsp3) is 0.650. The molecule has 0 radical (unpaired) electrons. The van der Waals surface area contributed by atoms with Crippen molar-refractivity contribution in [2.24, 2.45) is 0 Å². The molecule has 5 N–H and O–H groups in total. The van der Waals surface area contributed by atoms with Crippen molar-refractivity contribution in [2.75, 3.05) is 26.8 Å². The van der Waals surface area contributed by atoms with Crippen molar-refractivity contribution in [3.63, 3.8) is 0 Å². The smallest absolute Gasteiger partial charge is 0.339 e. The summed E-state index contributed by atoms with van der Waals surface area (Å²) in [6.07, 6.45) is -3.47. The van der Waals surface area contributed by atoms with Crippen LogP contribution >= 0.6 is 0 Å². The maximum atomic E-state index is 12.9. The summed E-state index contributed by atoms with van der Waals surface area (Å²) in [5.74, 6) is -1.91. The Labute approximate surface area is 173 Å². The highest BCUT2D eigenvalue weighted by molar-refractivity contribution is 5.97. The lowest BCUT2D eigenvalue weighted by atomic mass is 9.84. The van der Waals surface area contributed by atoms with E-state index < -0.39 is 48.8 Å². The second kappa shape index (κ2) is 8.20. The third-order valence-corrected chi connectivity index (χ3v) is 6.18. The van der Waals surface area contributed by atoms with Crippen LogP contribution in [0.4, 0.5) is 0 Å². The molecule has 0 bridgehead atoms. The summed E-state index contributed by atoms with van der Waals surface area (Å²) < 4.78 is 16.3. The molecule has 1 aromatic rings. The minimum atomic E-state index is -1.53. The molecule has 0 unspecified atom stereocenters. The van der Waals surface area contributed by atoms with E-state index in [1.54, 1.807) is 0 Å². The molecule has 0 saturated carbocycles. The Balaban J connectivity index is 1.85. The van der Waals surface area contributed by atoms with Gasteiger partial charge >= 0.3 is 5.97 Å². The Kier molecular flexibility index (Phi) is 5.78. The first-order chi connectivity index (χ1) is 14.4. The van der Waals surface area contributed by atoms with Crippen LogP contribution in [0.5, 0.6) is 17.2 Å². The first-order valence-corrected chi connectivity index (χ1v) is 10.1. The molecule has 3 aliphatic heterocycles. The third-order valence-electron chi connectivity index (χ3n) is 6.18. The maximum Gasteiger partial charge on any atom is 0.339 e. The second-order valence-corrected chi connectivity index (χ2v) is 7.96. The minimum absolute atomic E-state index is 0.0160. The quantitative estimate of drug-likeness (QED) is 0.410. The monoisotopic (exact) mass is 425 g/mol. The highest BCUT2D eigenvalue weighted by Gasteiger charge is 2.53. The van der Waals surface area contributed by atoms with E-state index in [4.69, 9.17) is 14.2 Å². The Bertz CT molecular complexity index is 823. The summed E-state index contributed by atoms with van der Waals surface area (Å²) >= 11 is 0. The van der Waals surface area contributed by atoms with Crippen LogP contribution in [0.3, 0.4) is 0 Å². The molecule has 1 aromatic carbocycles. The number of phenolic OH excluding ortho intramolecular Hbond substituents is 2. The molecule has 0 aromatic heterocycles. The molecule has 2 saturated heterocycles. The number of fused-ring (bicyclic) bond motifs is 3. The van der Waals surface area contributed by atoms with Crippen LogP contribution in [-0.4, -0.2) is 87.6 Å². The summed E-state index contributed by atoms with van der Waals surface area (Å²) in [7, 11) is 1.28. The maximum absolute atomic E-state index is 12.9. The van der Waals surface area contributed by atoms with Crippen LogP contribution in [-0.2, 0) is 16.0 Å². The first-order valence-electron chi connectivity index (χ1n) is 10.1. The number of aromatic hydroxyl groups is 2. The summed E-state index contributed by atoms with van der Waals surface area (Å²) in [6, 6.07) is 0. The zero-order valence-corrected chi connectivity index (χ0v) is 16.7. The Morgan fingerprint density at radius 1 is 1.10 bits per heavy atom. The van der Waals surface area contributed by atoms with Gasteiger partial charge in [0, 0.05) is 17.7 Å². The molecule has 30 heavy (non-hydrogen) atoms. The van der Waals surface area contributed by atoms with Gasteiger partial charge < -0.3 is 39.7 Å². The van der Waals surface area contributed by atoms with Crippen molar-refractivity contribution in [3.8, 4) is 17.2 Å². The van der Waals surface area contributed by atoms with Gasteiger partial charge in [-0.25, -0.2) is 4.79 Å². The molecule has 3 heterocycles. The number of phenols is 2. The molecule has 0 aliphatic carbocycles. The second-order valence-electron chi connectivity index (χ2n) is 7.96. The average molecular weight is 425 g/mol. The van der Waals surface area contributed by atoms with Gasteiger partial charge in [-0.1, -0.05) is 6.42 Å². The molecule has 4 rings (SSSR count). The van der Waals surface area contributed by atoms with E-state index in [1.807, 2.05) is 0 Å². The fourth-order valence-corrected chi connectivity index (χ4v) is 4.61. The number of aliphatic hydroxyl groups excluding tert-OH is 3. The van der Waals surface area contributed by atoms with E-state index in [9.17, 15) is 30.3 Å². The van der Waals surface area contributed by atoms with E-state index in [0.717, 1.165) is 32.4 Å². The first kappa shape index (κ1) is 21.1. The van der Waals surface area contributed by atoms with Crippen molar-refractivity contribution in [2.45, 2.75) is 56.3 Å². The number of esters is 1. The van der Waals surface area contributed by atoms with Gasteiger partial charge in [0.2, 0.25) is 5.75 Å². The van der Waals surface area contributed by atoms with E-state index in [2.05, 4.69) is 4.90 Å². The van der Waals surface area contributed by atoms with Gasteiger partial charge in [0.25, 0.3) is 0 Å². The van der Waals surface area contributed by atoms with Gasteiger partial charge in [0.1, 0.15) is 24.4 Å². The van der Waals surface area contributed by atoms with Crippen LogP contribution in [0.1, 0.15) is 46.9 Å². The highest BCUT2D eigenvalue weighted by atomic mass is 16.6. The lowest BCUT2D eigenvalue weighted by Crippen LogP contribution is -2.58. The van der Waals surface area contributed by atoms with E-state index in [1.165, 1.54) is 7.11 Å². The number of methoxy groups -OCH3 is 1. The molecular formula is C20H27NO9. The zero-order valence-electron chi connectivity index (χ0n) is 16.7. The van der Waals surface area contributed by atoms with Crippen molar-refractivity contribution >= 4 is 5.97 Å². The van der Waals surface area contributed by atoms with Gasteiger partial charge in [-0.2, -0.15) is 0 Å². The van der Waals surface area contributed by atoms with E-state index in [0.29, 0.717) is 0 Å². The lowest BCUT2D eigenvalue weighted by Gasteiger charge is -2.45. The van der Waals surface area contributed by atoms with Crippen LogP contribution in [0.25, 0.3) is 0 Å². The Hall–Kier alpha value is -2.11. The molecule has 0 spiro atoms. The predicted octanol–water partition coefficient (Wildman–Crippen LogP) is -0.215. The highest BCUT2D eigenvalue weighted by Crippen LogP contribution is 2.52. The van der Waals surface area contributed by atoms with Crippen LogP contribution in [0.15, 0.2) is 0 Å². The van der Waals surface area contributed by atoms with E-state index in [-0.39, 0.29) is 34.7 Å². The standard InChI is InChI=1S/C20H27NO9/c1-28-18-13(23)9(7-21-5-3-2-4-6-21)11-12(15(18)25)17-19(30-20(11)27)16(26)14(24)10(8-22)29-17/h10,14,16-17,19,22-26H,2-8H2,1H3/t10-,14-,16+,17+,19-/m1/s1. The summed E-state index contributed by atoms with van der Waals surface area (Å²) in [6.45, 7) is 1.26. The number of ether oxygens (including phenoxy) is 3. The molecule has 0 amide bonds. The Morgan fingerprint density at radius 2 is 1.80 bits per heavy atom. The van der Waals surface area contributed by atoms with Gasteiger partial charge in [-0.3, -0.25) is 4.90 Å². The summed E-state index contributed by atoms with van der Waals surface area (Å²) in [5.41, 5.74) is 0.218. The number of piperidine rings is 1. The number of aliphatic hydroxyl groups is 3. The van der Waals surface area contributed by atoms with Crippen molar-refractivity contribution < 1.29 is 44.5 Å². The number of hydrogen-bond acceptors (Lipinski definition) is 10. The molecule has 5 atom stereocenters.